The van der Waals surface area contributed by atoms with Crippen LogP contribution < -0.4 is 5.32 Å². The molecule has 0 radical (unpaired) electrons. The Hall–Kier alpha value is -0.700. The molecule has 0 aliphatic rings. The van der Waals surface area contributed by atoms with Gasteiger partial charge in [-0.1, -0.05) is 13.8 Å². The average Bonchev–Trinajstić information content (AvgIpc) is 2.20. The van der Waals surface area contributed by atoms with Crippen molar-refractivity contribution in [1.82, 2.24) is 0 Å². The number of benzene rings is 1. The van der Waals surface area contributed by atoms with Gasteiger partial charge in [-0.25, -0.2) is 4.39 Å². The monoisotopic (exact) mass is 227 g/mol. The largest absolute Gasteiger partial charge is 0.384 e. The highest BCUT2D eigenvalue weighted by Crippen LogP contribution is 2.10. The van der Waals surface area contributed by atoms with Crippen molar-refractivity contribution < 1.29 is 4.39 Å². The van der Waals surface area contributed by atoms with E-state index in [9.17, 15) is 4.39 Å². The molecule has 0 aromatic heterocycles. The topological polar surface area (TPSA) is 12.0 Å². The van der Waals surface area contributed by atoms with Gasteiger partial charge in [-0.15, -0.1) is 0 Å². The van der Waals surface area contributed by atoms with E-state index in [0.29, 0.717) is 0 Å². The third-order valence-electron chi connectivity index (χ3n) is 1.87. The number of hydrogen-bond donors (Lipinski definition) is 1. The lowest BCUT2D eigenvalue weighted by molar-refractivity contribution is 0.628. The molecule has 1 rings (SSSR count). The molecular weight excluding hydrogens is 209 g/mol. The molecule has 1 nitrogen and oxygen atoms in total. The normalized spacial score (nSPS) is 10.7. The van der Waals surface area contributed by atoms with Crippen LogP contribution in [0.2, 0.25) is 0 Å². The Balaban J connectivity index is 2.12. The number of thioether (sulfide) groups is 1. The summed E-state index contributed by atoms with van der Waals surface area (Å²) in [5.74, 6) is 2.86. The van der Waals surface area contributed by atoms with Gasteiger partial charge in [-0.05, 0) is 35.9 Å². The van der Waals surface area contributed by atoms with Crippen molar-refractivity contribution in [3.63, 3.8) is 0 Å². The molecule has 0 aliphatic carbocycles. The molecule has 1 aromatic carbocycles. The molecule has 0 saturated heterocycles. The lowest BCUT2D eigenvalue weighted by Gasteiger charge is -2.07. The van der Waals surface area contributed by atoms with Gasteiger partial charge in [-0.3, -0.25) is 0 Å². The second-order valence-corrected chi connectivity index (χ2v) is 5.05. The van der Waals surface area contributed by atoms with Gasteiger partial charge < -0.3 is 5.32 Å². The van der Waals surface area contributed by atoms with E-state index >= 15 is 0 Å². The van der Waals surface area contributed by atoms with Gasteiger partial charge in [0.1, 0.15) is 5.82 Å². The predicted octanol–water partition coefficient (Wildman–Crippen LogP) is 3.63. The number of nitrogens with one attached hydrogen (secondary N) is 1. The summed E-state index contributed by atoms with van der Waals surface area (Å²) in [5, 5.41) is 3.26. The standard InChI is InChI=1S/C12H18FNS/c1-10(2)9-15-8-7-14-12-5-3-11(13)4-6-12/h3-6,10,14H,7-9H2,1-2H3. The summed E-state index contributed by atoms with van der Waals surface area (Å²) in [6.45, 7) is 5.38. The quantitative estimate of drug-likeness (QED) is 0.745. The smallest absolute Gasteiger partial charge is 0.123 e. The molecule has 3 heteroatoms. The van der Waals surface area contributed by atoms with E-state index < -0.39 is 0 Å². The first-order chi connectivity index (χ1) is 7.18. The molecule has 0 amide bonds. The summed E-state index contributed by atoms with van der Waals surface area (Å²) in [6, 6.07) is 6.48. The number of anilines is 1. The van der Waals surface area contributed by atoms with E-state index in [0.717, 1.165) is 23.9 Å². The fourth-order valence-electron chi connectivity index (χ4n) is 1.15. The first kappa shape index (κ1) is 12.4. The van der Waals surface area contributed by atoms with Crippen molar-refractivity contribution in [2.75, 3.05) is 23.4 Å². The first-order valence-electron chi connectivity index (χ1n) is 5.25. The maximum absolute atomic E-state index is 12.6. The molecule has 0 fully saturated rings. The van der Waals surface area contributed by atoms with Gasteiger partial charge in [-0.2, -0.15) is 11.8 Å². The van der Waals surface area contributed by atoms with E-state index in [4.69, 9.17) is 0 Å². The van der Waals surface area contributed by atoms with Crippen LogP contribution in [0, 0.1) is 11.7 Å². The average molecular weight is 227 g/mol. The molecule has 1 aromatic rings. The molecule has 0 spiro atoms. The van der Waals surface area contributed by atoms with Gasteiger partial charge in [0.05, 0.1) is 0 Å². The highest BCUT2D eigenvalue weighted by Gasteiger charge is 1.95. The highest BCUT2D eigenvalue weighted by molar-refractivity contribution is 7.99. The third-order valence-corrected chi connectivity index (χ3v) is 3.27. The zero-order chi connectivity index (χ0) is 11.1. The van der Waals surface area contributed by atoms with Crippen molar-refractivity contribution in [3.8, 4) is 0 Å². The zero-order valence-corrected chi connectivity index (χ0v) is 10.1. The first-order valence-corrected chi connectivity index (χ1v) is 6.41. The van der Waals surface area contributed by atoms with Crippen LogP contribution in [-0.2, 0) is 0 Å². The fourth-order valence-corrected chi connectivity index (χ4v) is 2.04. The maximum atomic E-state index is 12.6. The molecule has 0 bridgehead atoms. The molecule has 0 aliphatic heterocycles. The van der Waals surface area contributed by atoms with Crippen molar-refractivity contribution in [3.05, 3.63) is 30.1 Å². The molecule has 84 valence electrons. The molecule has 15 heavy (non-hydrogen) atoms. The summed E-state index contributed by atoms with van der Waals surface area (Å²) in [7, 11) is 0. The van der Waals surface area contributed by atoms with E-state index in [1.165, 1.54) is 17.9 Å². The van der Waals surface area contributed by atoms with Crippen LogP contribution >= 0.6 is 11.8 Å². The fraction of sp³-hybridized carbons (Fsp3) is 0.500. The SMILES string of the molecule is CC(C)CSCCNc1ccc(F)cc1. The van der Waals surface area contributed by atoms with Crippen LogP contribution in [0.3, 0.4) is 0 Å². The summed E-state index contributed by atoms with van der Waals surface area (Å²) < 4.78 is 12.6. The van der Waals surface area contributed by atoms with E-state index in [-0.39, 0.29) is 5.82 Å². The minimum Gasteiger partial charge on any atom is -0.384 e. The Bertz CT molecular complexity index is 271. The Morgan fingerprint density at radius 1 is 1.27 bits per heavy atom. The van der Waals surface area contributed by atoms with Crippen LogP contribution in [-0.4, -0.2) is 18.1 Å². The van der Waals surface area contributed by atoms with Gasteiger partial charge in [0.2, 0.25) is 0 Å². The lowest BCUT2D eigenvalue weighted by Crippen LogP contribution is -2.05. The highest BCUT2D eigenvalue weighted by atomic mass is 32.2. The van der Waals surface area contributed by atoms with E-state index in [1.54, 1.807) is 12.1 Å². The predicted molar refractivity (Wildman–Crippen MR) is 67.1 cm³/mol. The summed E-state index contributed by atoms with van der Waals surface area (Å²) in [6.07, 6.45) is 0. The molecule has 0 saturated carbocycles. The van der Waals surface area contributed by atoms with Gasteiger partial charge in [0.25, 0.3) is 0 Å². The Morgan fingerprint density at radius 3 is 2.53 bits per heavy atom. The number of halogens is 1. The minimum atomic E-state index is -0.185. The summed E-state index contributed by atoms with van der Waals surface area (Å²) >= 11 is 1.95. The summed E-state index contributed by atoms with van der Waals surface area (Å²) in [5.41, 5.74) is 0.988. The Labute approximate surface area is 95.5 Å². The second-order valence-electron chi connectivity index (χ2n) is 3.90. The maximum Gasteiger partial charge on any atom is 0.123 e. The van der Waals surface area contributed by atoms with Crippen LogP contribution in [0.1, 0.15) is 13.8 Å². The van der Waals surface area contributed by atoms with Crippen molar-refractivity contribution in [2.45, 2.75) is 13.8 Å². The van der Waals surface area contributed by atoms with Crippen LogP contribution in [0.4, 0.5) is 10.1 Å². The molecular formula is C12H18FNS. The van der Waals surface area contributed by atoms with Crippen LogP contribution in [0.25, 0.3) is 0 Å². The molecule has 1 N–H and O–H groups in total. The minimum absolute atomic E-state index is 0.185. The van der Waals surface area contributed by atoms with E-state index in [1.807, 2.05) is 11.8 Å². The zero-order valence-electron chi connectivity index (χ0n) is 9.29. The van der Waals surface area contributed by atoms with Crippen molar-refractivity contribution in [2.24, 2.45) is 5.92 Å². The van der Waals surface area contributed by atoms with E-state index in [2.05, 4.69) is 19.2 Å². The molecule has 0 unspecified atom stereocenters. The van der Waals surface area contributed by atoms with Crippen LogP contribution in [0.5, 0.6) is 0 Å². The van der Waals surface area contributed by atoms with Crippen LogP contribution in [0.15, 0.2) is 24.3 Å². The number of hydrogen-bond acceptors (Lipinski definition) is 2. The molecule has 0 atom stereocenters. The van der Waals surface area contributed by atoms with Gasteiger partial charge in [0.15, 0.2) is 0 Å². The Morgan fingerprint density at radius 2 is 1.93 bits per heavy atom. The van der Waals surface area contributed by atoms with Crippen molar-refractivity contribution >= 4 is 17.4 Å². The third kappa shape index (κ3) is 5.67. The van der Waals surface area contributed by atoms with Crippen molar-refractivity contribution in [1.29, 1.82) is 0 Å². The van der Waals surface area contributed by atoms with Gasteiger partial charge >= 0.3 is 0 Å². The summed E-state index contributed by atoms with van der Waals surface area (Å²) in [4.78, 5) is 0. The molecule has 0 heterocycles. The van der Waals surface area contributed by atoms with Gasteiger partial charge in [0, 0.05) is 18.0 Å². The Kier molecular flexibility index (Phi) is 5.54. The number of rotatable bonds is 6. The second kappa shape index (κ2) is 6.72. The lowest BCUT2D eigenvalue weighted by atomic mass is 10.3.